The number of nitrogens with zero attached hydrogens (tertiary/aromatic N) is 4. The number of aromatic nitrogens is 3. The molecule has 4 heterocycles. The third-order valence-electron chi connectivity index (χ3n) is 9.54. The summed E-state index contributed by atoms with van der Waals surface area (Å²) in [7, 11) is 1.35. The van der Waals surface area contributed by atoms with Crippen molar-refractivity contribution in [3.63, 3.8) is 0 Å². The molecule has 3 N–H and O–H groups in total. The molecule has 2 aliphatic rings. The molecule has 0 aliphatic carbocycles. The zero-order chi connectivity index (χ0) is 35.7. The van der Waals surface area contributed by atoms with Crippen LogP contribution in [-0.2, 0) is 4.79 Å². The minimum atomic E-state index is -0.979. The Morgan fingerprint density at radius 2 is 1.96 bits per heavy atom. The van der Waals surface area contributed by atoms with E-state index in [2.05, 4.69) is 36.4 Å². The highest BCUT2D eigenvalue weighted by atomic mass is 19.1. The van der Waals surface area contributed by atoms with Crippen LogP contribution in [0, 0.1) is 24.0 Å². The molecule has 262 valence electrons. The van der Waals surface area contributed by atoms with Crippen molar-refractivity contribution in [2.24, 2.45) is 0 Å². The standard InChI is InChI=1S/C38H35F3N6O4/c1-3-26-28(40)13-12-22-17-25(48)18-27(30(22)26)33-32(41)34-31(36(44-33)50-2)35(42-15-7-11-29(49)43-24-9-5-4-6-10-24)46-37(45-34)51-21-38-14-8-16-47(38)20-23(39)19-38/h1,4-6,9-10,12-13,17-18,23,48H,7-8,11,14-16,19-21H2,2H3,(H,43,49)(H,42,45,46)/t23-,38+/m1/s1. The molecular weight excluding hydrogens is 661 g/mol. The first-order valence-electron chi connectivity index (χ1n) is 16.7. The Morgan fingerprint density at radius 3 is 2.75 bits per heavy atom. The fraction of sp³-hybridized carbons (Fsp3) is 0.316. The van der Waals surface area contributed by atoms with E-state index in [0.717, 1.165) is 19.4 Å². The van der Waals surface area contributed by atoms with E-state index in [9.17, 15) is 18.7 Å². The van der Waals surface area contributed by atoms with Crippen molar-refractivity contribution in [1.29, 1.82) is 0 Å². The lowest BCUT2D eigenvalue weighted by Gasteiger charge is -2.30. The molecule has 51 heavy (non-hydrogen) atoms. The summed E-state index contributed by atoms with van der Waals surface area (Å²) >= 11 is 0. The monoisotopic (exact) mass is 696 g/mol. The van der Waals surface area contributed by atoms with Gasteiger partial charge in [-0.2, -0.15) is 9.97 Å². The smallest absolute Gasteiger partial charge is 0.319 e. The van der Waals surface area contributed by atoms with E-state index in [1.807, 2.05) is 18.2 Å². The molecule has 2 atom stereocenters. The van der Waals surface area contributed by atoms with Gasteiger partial charge in [0.15, 0.2) is 5.82 Å². The number of amides is 1. The van der Waals surface area contributed by atoms with Crippen molar-refractivity contribution >= 4 is 39.1 Å². The van der Waals surface area contributed by atoms with Gasteiger partial charge in [-0.25, -0.2) is 18.2 Å². The van der Waals surface area contributed by atoms with E-state index in [4.69, 9.17) is 15.9 Å². The Balaban J connectivity index is 1.28. The maximum atomic E-state index is 16.9. The van der Waals surface area contributed by atoms with Crippen LogP contribution in [0.15, 0.2) is 54.6 Å². The summed E-state index contributed by atoms with van der Waals surface area (Å²) in [6, 6.07) is 14.2. The first-order valence-corrected chi connectivity index (χ1v) is 16.7. The van der Waals surface area contributed by atoms with Crippen molar-refractivity contribution in [1.82, 2.24) is 19.9 Å². The highest BCUT2D eigenvalue weighted by Crippen LogP contribution is 2.43. The van der Waals surface area contributed by atoms with Gasteiger partial charge in [-0.05, 0) is 61.5 Å². The Kier molecular flexibility index (Phi) is 9.27. The van der Waals surface area contributed by atoms with Crippen molar-refractivity contribution in [3.05, 3.63) is 71.8 Å². The number of nitrogens with one attached hydrogen (secondary N) is 2. The summed E-state index contributed by atoms with van der Waals surface area (Å²) in [5.41, 5.74) is -0.469. The zero-order valence-electron chi connectivity index (χ0n) is 27.8. The molecule has 0 spiro atoms. The van der Waals surface area contributed by atoms with E-state index in [1.54, 1.807) is 12.1 Å². The van der Waals surface area contributed by atoms with Gasteiger partial charge < -0.3 is 25.2 Å². The molecule has 10 nitrogen and oxygen atoms in total. The van der Waals surface area contributed by atoms with Crippen LogP contribution in [0.5, 0.6) is 17.6 Å². The average Bonchev–Trinajstić information content (AvgIpc) is 3.65. The predicted octanol–water partition coefficient (Wildman–Crippen LogP) is 6.60. The van der Waals surface area contributed by atoms with Crippen LogP contribution in [0.25, 0.3) is 32.9 Å². The fourth-order valence-electron chi connectivity index (χ4n) is 7.24. The van der Waals surface area contributed by atoms with E-state index < -0.39 is 23.3 Å². The summed E-state index contributed by atoms with van der Waals surface area (Å²) in [6.45, 7) is 1.43. The van der Waals surface area contributed by atoms with Gasteiger partial charge in [-0.1, -0.05) is 30.2 Å². The highest BCUT2D eigenvalue weighted by Gasteiger charge is 2.49. The summed E-state index contributed by atoms with van der Waals surface area (Å²) in [5, 5.41) is 17.2. The Morgan fingerprint density at radius 1 is 1.14 bits per heavy atom. The molecule has 0 unspecified atom stereocenters. The fourth-order valence-corrected chi connectivity index (χ4v) is 7.24. The van der Waals surface area contributed by atoms with Crippen LogP contribution >= 0.6 is 0 Å². The van der Waals surface area contributed by atoms with Gasteiger partial charge in [0, 0.05) is 42.6 Å². The number of hydrogen-bond acceptors (Lipinski definition) is 9. The van der Waals surface area contributed by atoms with Crippen LogP contribution in [0.4, 0.5) is 24.7 Å². The van der Waals surface area contributed by atoms with Gasteiger partial charge in [0.1, 0.15) is 46.8 Å². The van der Waals surface area contributed by atoms with Crippen LogP contribution in [0.3, 0.4) is 0 Å². The number of halogens is 3. The van der Waals surface area contributed by atoms with E-state index in [1.165, 1.54) is 31.4 Å². The Labute approximate surface area is 292 Å². The minimum absolute atomic E-state index is 0.0237. The number of carbonyl (C=O) groups is 1. The Hall–Kier alpha value is -5.61. The normalized spacial score (nSPS) is 18.5. The highest BCUT2D eigenvalue weighted by molar-refractivity contribution is 6.04. The third-order valence-corrected chi connectivity index (χ3v) is 9.54. The van der Waals surface area contributed by atoms with Crippen LogP contribution < -0.4 is 20.1 Å². The average molecular weight is 697 g/mol. The van der Waals surface area contributed by atoms with Gasteiger partial charge in [-0.3, -0.25) is 9.69 Å². The second-order valence-electron chi connectivity index (χ2n) is 12.8. The third kappa shape index (κ3) is 6.55. The molecule has 2 saturated heterocycles. The van der Waals surface area contributed by atoms with Gasteiger partial charge in [-0.15, -0.1) is 6.42 Å². The first kappa shape index (κ1) is 33.9. The molecule has 13 heteroatoms. The largest absolute Gasteiger partial charge is 0.508 e. The van der Waals surface area contributed by atoms with E-state index in [0.29, 0.717) is 30.5 Å². The lowest BCUT2D eigenvalue weighted by atomic mass is 9.95. The number of rotatable bonds is 11. The first-order chi connectivity index (χ1) is 24.7. The maximum Gasteiger partial charge on any atom is 0.319 e. The molecule has 2 aliphatic heterocycles. The Bertz CT molecular complexity index is 2180. The number of terminal acetylenes is 1. The number of phenolic OH excluding ortho intramolecular Hbond substituents is 1. The lowest BCUT2D eigenvalue weighted by molar-refractivity contribution is -0.116. The van der Waals surface area contributed by atoms with E-state index in [-0.39, 0.29) is 82.0 Å². The van der Waals surface area contributed by atoms with Crippen molar-refractivity contribution < 1.29 is 32.5 Å². The number of phenols is 1. The van der Waals surface area contributed by atoms with Crippen LogP contribution in [-0.4, -0.2) is 75.9 Å². The van der Waals surface area contributed by atoms with Gasteiger partial charge in [0.25, 0.3) is 0 Å². The molecule has 5 aromatic rings. The minimum Gasteiger partial charge on any atom is -0.508 e. The summed E-state index contributed by atoms with van der Waals surface area (Å²) in [5.74, 6) is 0.380. The number of pyridine rings is 1. The number of alkyl halides is 1. The molecule has 1 amide bonds. The number of fused-ring (bicyclic) bond motifs is 3. The van der Waals surface area contributed by atoms with Crippen molar-refractivity contribution in [2.75, 3.05) is 44.0 Å². The number of hydrogen-bond donors (Lipinski definition) is 3. The molecule has 3 aromatic carbocycles. The number of anilines is 2. The molecule has 2 aromatic heterocycles. The SMILES string of the molecule is C#Cc1c(F)ccc2cc(O)cc(-c3nc(OC)c4c(NCCCC(=O)Nc5ccccc5)nc(OC[C@@]56CCCN5C[C@H](F)C6)nc4c3F)c12. The summed E-state index contributed by atoms with van der Waals surface area (Å²) in [6.07, 6.45) is 7.23. The van der Waals surface area contributed by atoms with Gasteiger partial charge in [0.2, 0.25) is 11.8 Å². The zero-order valence-corrected chi connectivity index (χ0v) is 27.8. The molecule has 0 bridgehead atoms. The molecule has 0 radical (unpaired) electrons. The van der Waals surface area contributed by atoms with Crippen molar-refractivity contribution in [3.8, 4) is 41.2 Å². The van der Waals surface area contributed by atoms with Gasteiger partial charge >= 0.3 is 6.01 Å². The predicted molar refractivity (Wildman–Crippen MR) is 188 cm³/mol. The number of carbonyl (C=O) groups excluding carboxylic acids is 1. The van der Waals surface area contributed by atoms with Crippen molar-refractivity contribution in [2.45, 2.75) is 43.8 Å². The number of benzene rings is 3. The quantitative estimate of drug-likeness (QED) is 0.104. The topological polar surface area (TPSA) is 122 Å². The lowest BCUT2D eigenvalue weighted by Crippen LogP contribution is -2.43. The number of para-hydroxylation sites is 1. The second-order valence-corrected chi connectivity index (χ2v) is 12.8. The van der Waals surface area contributed by atoms with Crippen LogP contribution in [0.2, 0.25) is 0 Å². The number of methoxy groups -OCH3 is 1. The summed E-state index contributed by atoms with van der Waals surface area (Å²) in [4.78, 5) is 28.2. The molecule has 7 rings (SSSR count). The molecule has 0 saturated carbocycles. The van der Waals surface area contributed by atoms with Gasteiger partial charge in [0.05, 0.1) is 18.2 Å². The number of aromatic hydroxyl groups is 1. The summed E-state index contributed by atoms with van der Waals surface area (Å²) < 4.78 is 58.1. The van der Waals surface area contributed by atoms with E-state index >= 15 is 4.39 Å². The van der Waals surface area contributed by atoms with Crippen LogP contribution in [0.1, 0.15) is 37.7 Å². The maximum absolute atomic E-state index is 16.9. The second kappa shape index (κ2) is 14.0. The number of ether oxygens (including phenoxy) is 2. The molecule has 2 fully saturated rings. The molecular formula is C38H35F3N6O4.